The summed E-state index contributed by atoms with van der Waals surface area (Å²) in [5.74, 6) is 0. The van der Waals surface area contributed by atoms with E-state index in [1.807, 2.05) is 0 Å². The lowest BCUT2D eigenvalue weighted by Gasteiger charge is -2.31. The Hall–Kier alpha value is -8.06. The van der Waals surface area contributed by atoms with Crippen molar-refractivity contribution in [2.24, 2.45) is 0 Å². The van der Waals surface area contributed by atoms with Crippen LogP contribution in [0.25, 0.3) is 110 Å². The molecule has 0 saturated heterocycles. The molecule has 0 aromatic heterocycles. The molecule has 0 unspecified atom stereocenters. The summed E-state index contributed by atoms with van der Waals surface area (Å²) in [7, 11) is 0. The van der Waals surface area contributed by atoms with Crippen molar-refractivity contribution in [2.75, 3.05) is 0 Å². The fourth-order valence-corrected chi connectivity index (χ4v) is 14.8. The maximum atomic E-state index is 2.56. The molecule has 0 bridgehead atoms. The summed E-state index contributed by atoms with van der Waals surface area (Å²) in [4.78, 5) is 0. The minimum absolute atomic E-state index is 0.0807. The lowest BCUT2D eigenvalue weighted by atomic mass is 9.70. The highest BCUT2D eigenvalue weighted by molar-refractivity contribution is 6.27. The molecule has 0 nitrogen and oxygen atoms in total. The van der Waals surface area contributed by atoms with Crippen molar-refractivity contribution in [3.8, 4) is 66.8 Å². The molecule has 16 rings (SSSR count). The summed E-state index contributed by atoms with van der Waals surface area (Å²) in [6.07, 6.45) is 0. The monoisotopic (exact) mass is 930 g/mol. The Labute approximate surface area is 428 Å². The van der Waals surface area contributed by atoms with Crippen LogP contribution in [0.15, 0.2) is 200 Å². The zero-order valence-corrected chi connectivity index (χ0v) is 42.6. The van der Waals surface area contributed by atoms with E-state index in [1.54, 1.807) is 0 Å². The third-order valence-electron chi connectivity index (χ3n) is 18.5. The van der Waals surface area contributed by atoms with Gasteiger partial charge in [0.1, 0.15) is 0 Å². The summed E-state index contributed by atoms with van der Waals surface area (Å²) < 4.78 is 0. The molecule has 0 heterocycles. The first-order valence-corrected chi connectivity index (χ1v) is 26.4. The van der Waals surface area contributed by atoms with Gasteiger partial charge in [-0.25, -0.2) is 0 Å². The van der Waals surface area contributed by atoms with Crippen LogP contribution < -0.4 is 0 Å². The summed E-state index contributed by atoms with van der Waals surface area (Å²) >= 11 is 0. The van der Waals surface area contributed by atoms with Gasteiger partial charge < -0.3 is 0 Å². The van der Waals surface area contributed by atoms with Crippen molar-refractivity contribution < 1.29 is 0 Å². The largest absolute Gasteiger partial charge is 0.0725 e. The third-order valence-corrected chi connectivity index (χ3v) is 18.5. The van der Waals surface area contributed by atoms with E-state index < -0.39 is 5.41 Å². The second-order valence-corrected chi connectivity index (χ2v) is 24.0. The van der Waals surface area contributed by atoms with E-state index in [1.165, 1.54) is 160 Å². The third kappa shape index (κ3) is 5.21. The molecule has 0 fully saturated rings. The lowest BCUT2D eigenvalue weighted by Crippen LogP contribution is -2.26. The van der Waals surface area contributed by atoms with Gasteiger partial charge in [-0.05, 0) is 208 Å². The highest BCUT2D eigenvalue weighted by Crippen LogP contribution is 2.64. The van der Waals surface area contributed by atoms with E-state index in [9.17, 15) is 0 Å². The Bertz CT molecular complexity index is 4400. The van der Waals surface area contributed by atoms with Gasteiger partial charge in [0.15, 0.2) is 0 Å². The highest BCUT2D eigenvalue weighted by Gasteiger charge is 2.52. The van der Waals surface area contributed by atoms with E-state index >= 15 is 0 Å². The van der Waals surface area contributed by atoms with E-state index in [-0.39, 0.29) is 16.2 Å². The lowest BCUT2D eigenvalue weighted by molar-refractivity contribution is 0.591. The minimum Gasteiger partial charge on any atom is -0.0619 e. The predicted molar refractivity (Wildman–Crippen MR) is 309 cm³/mol. The number of fused-ring (bicyclic) bond motifs is 18. The fraction of sp³-hybridized carbons (Fsp3) is 0.151. The van der Waals surface area contributed by atoms with Gasteiger partial charge in [-0.1, -0.05) is 206 Å². The fourth-order valence-electron chi connectivity index (χ4n) is 14.8. The number of hydrogen-bond donors (Lipinski definition) is 0. The molecule has 12 aromatic rings. The summed E-state index contributed by atoms with van der Waals surface area (Å²) in [6, 6.07) is 78.3. The second kappa shape index (κ2) is 13.7. The molecular formula is C73H54. The topological polar surface area (TPSA) is 0 Å². The highest BCUT2D eigenvalue weighted by atomic mass is 14.5. The van der Waals surface area contributed by atoms with Crippen LogP contribution in [0, 0.1) is 0 Å². The Morgan fingerprint density at radius 1 is 0.288 bits per heavy atom. The first kappa shape index (κ1) is 41.5. The molecule has 0 heteroatoms. The van der Waals surface area contributed by atoms with Crippen LogP contribution in [0.1, 0.15) is 98.5 Å². The summed E-state index contributed by atoms with van der Waals surface area (Å²) in [5, 5.41) is 10.8. The normalized spacial score (nSPS) is 15.7. The van der Waals surface area contributed by atoms with Gasteiger partial charge in [0, 0.05) is 10.8 Å². The molecule has 4 aliphatic rings. The van der Waals surface area contributed by atoms with E-state index in [2.05, 4.69) is 249 Å². The molecule has 0 aliphatic heterocycles. The van der Waals surface area contributed by atoms with Crippen LogP contribution in [0.5, 0.6) is 0 Å². The second-order valence-electron chi connectivity index (χ2n) is 24.0. The van der Waals surface area contributed by atoms with Crippen molar-refractivity contribution in [3.05, 3.63) is 250 Å². The molecule has 0 saturated carbocycles. The SMILES string of the molecule is CC(C)(C)c1cc2ccc3cc4c(c5ccc(c1)c2c35)-c1ccc(-c2ccc3c(c2)C2(c5ccccc5-c5ccccc52)c2cc(-c5ccc6c(c5)C(C)(C)c5cc7ccccc7cc5-6)ccc2-3)cc1C4(C)C. The van der Waals surface area contributed by atoms with Crippen molar-refractivity contribution >= 4 is 43.1 Å². The van der Waals surface area contributed by atoms with Crippen LogP contribution in [0.2, 0.25) is 0 Å². The summed E-state index contributed by atoms with van der Waals surface area (Å²) in [5.41, 5.74) is 27.6. The van der Waals surface area contributed by atoms with Gasteiger partial charge in [-0.3, -0.25) is 0 Å². The Balaban J connectivity index is 0.856. The van der Waals surface area contributed by atoms with Crippen molar-refractivity contribution in [2.45, 2.75) is 70.1 Å². The Morgan fingerprint density at radius 3 is 1.27 bits per heavy atom. The molecule has 0 amide bonds. The van der Waals surface area contributed by atoms with E-state index in [0.717, 1.165) is 0 Å². The zero-order valence-electron chi connectivity index (χ0n) is 42.6. The van der Waals surface area contributed by atoms with Gasteiger partial charge in [-0.2, -0.15) is 0 Å². The van der Waals surface area contributed by atoms with Crippen LogP contribution in [0.3, 0.4) is 0 Å². The maximum Gasteiger partial charge on any atom is 0.0725 e. The number of rotatable bonds is 2. The molecule has 73 heavy (non-hydrogen) atoms. The summed E-state index contributed by atoms with van der Waals surface area (Å²) in [6.45, 7) is 16.6. The van der Waals surface area contributed by atoms with Crippen LogP contribution in [0.4, 0.5) is 0 Å². The van der Waals surface area contributed by atoms with Crippen LogP contribution in [-0.2, 0) is 21.7 Å². The molecule has 0 N–H and O–H groups in total. The predicted octanol–water partition coefficient (Wildman–Crippen LogP) is 19.3. The molecular weight excluding hydrogens is 877 g/mol. The van der Waals surface area contributed by atoms with E-state index in [4.69, 9.17) is 0 Å². The van der Waals surface area contributed by atoms with Gasteiger partial charge in [-0.15, -0.1) is 0 Å². The molecule has 12 aromatic carbocycles. The first-order chi connectivity index (χ1) is 35.3. The first-order valence-electron chi connectivity index (χ1n) is 26.4. The average Bonchev–Trinajstić information content (AvgIpc) is 4.03. The van der Waals surface area contributed by atoms with Crippen LogP contribution in [-0.4, -0.2) is 0 Å². The van der Waals surface area contributed by atoms with Gasteiger partial charge >= 0.3 is 0 Å². The van der Waals surface area contributed by atoms with Gasteiger partial charge in [0.25, 0.3) is 0 Å². The van der Waals surface area contributed by atoms with Crippen LogP contribution >= 0.6 is 0 Å². The Kier molecular flexibility index (Phi) is 7.80. The van der Waals surface area contributed by atoms with Crippen molar-refractivity contribution in [1.82, 2.24) is 0 Å². The molecule has 4 aliphatic carbocycles. The molecule has 346 valence electrons. The maximum absolute atomic E-state index is 2.56. The molecule has 0 atom stereocenters. The van der Waals surface area contributed by atoms with E-state index in [0.29, 0.717) is 0 Å². The standard InChI is InChI=1S/C73H54/c1-70(2,3)50-32-47-20-21-49-40-66-69(57-31-26-48(33-50)67(47)68(49)57)56-30-25-44(37-62(56)72(66,6)7)46-23-28-54-53-27-22-45(38-64(53)73(65(54)39-46)59-18-12-10-16-51(59)52-17-11-13-19-60(52)73)43-24-29-55-58-34-41-14-8-9-15-42(41)35-63(58)71(4,5)61(55)36-43/h8-40H,1-7H3. The van der Waals surface area contributed by atoms with Gasteiger partial charge in [0.05, 0.1) is 5.41 Å². The number of benzene rings is 12. The molecule has 0 radical (unpaired) electrons. The van der Waals surface area contributed by atoms with Gasteiger partial charge in [0.2, 0.25) is 0 Å². The minimum atomic E-state index is -0.479. The molecule has 1 spiro atoms. The van der Waals surface area contributed by atoms with Crippen molar-refractivity contribution in [3.63, 3.8) is 0 Å². The average molecular weight is 931 g/mol. The number of hydrogen-bond acceptors (Lipinski definition) is 0. The zero-order chi connectivity index (χ0) is 49.1. The Morgan fingerprint density at radius 2 is 0.699 bits per heavy atom. The smallest absolute Gasteiger partial charge is 0.0619 e. The quantitative estimate of drug-likeness (QED) is 0.152. The van der Waals surface area contributed by atoms with Crippen molar-refractivity contribution in [1.29, 1.82) is 0 Å².